The maximum Gasteiger partial charge on any atom is 0.123 e. The molecule has 0 aromatic heterocycles. The number of benzene rings is 2. The maximum absolute atomic E-state index is 13.1. The smallest absolute Gasteiger partial charge is 0.123 e. The minimum absolute atomic E-state index is 0.199. The molecule has 0 saturated carbocycles. The fourth-order valence-corrected chi connectivity index (χ4v) is 3.51. The van der Waals surface area contributed by atoms with Gasteiger partial charge in [0, 0.05) is 0 Å². The standard InChI is InChI=1S/C23H26FNO/c1-25-13-12-19-9-6-18(14-17-7-10-21(24)11-8-17)15-23(19)20-4-3-5-22(16-20)26-2/h3-5,7-8,10-11,14-16,19,25H,6,9,12-13H2,1-2H3/b18-14+. The Morgan fingerprint density at radius 1 is 1.19 bits per heavy atom. The number of hydrogen-bond donors (Lipinski definition) is 1. The lowest BCUT2D eigenvalue weighted by atomic mass is 9.79. The van der Waals surface area contributed by atoms with Crippen LogP contribution >= 0.6 is 0 Å². The fourth-order valence-electron chi connectivity index (χ4n) is 3.51. The van der Waals surface area contributed by atoms with Gasteiger partial charge in [-0.2, -0.15) is 0 Å². The minimum Gasteiger partial charge on any atom is -0.497 e. The van der Waals surface area contributed by atoms with Gasteiger partial charge in [0.1, 0.15) is 11.6 Å². The molecule has 0 fully saturated rings. The number of allylic oxidation sites excluding steroid dienone is 3. The molecule has 1 aliphatic carbocycles. The van der Waals surface area contributed by atoms with Crippen molar-refractivity contribution in [3.05, 3.63) is 77.1 Å². The summed E-state index contributed by atoms with van der Waals surface area (Å²) < 4.78 is 18.5. The van der Waals surface area contributed by atoms with Crippen molar-refractivity contribution >= 4 is 11.6 Å². The predicted molar refractivity (Wildman–Crippen MR) is 107 cm³/mol. The molecule has 1 unspecified atom stereocenters. The summed E-state index contributed by atoms with van der Waals surface area (Å²) in [6.45, 7) is 1.00. The molecule has 0 aliphatic heterocycles. The molecule has 1 aliphatic rings. The van der Waals surface area contributed by atoms with Gasteiger partial charge in [0.2, 0.25) is 0 Å². The van der Waals surface area contributed by atoms with E-state index in [1.165, 1.54) is 28.8 Å². The van der Waals surface area contributed by atoms with E-state index in [2.05, 4.69) is 29.6 Å². The zero-order chi connectivity index (χ0) is 18.4. The first-order valence-electron chi connectivity index (χ1n) is 9.16. The highest BCUT2D eigenvalue weighted by Crippen LogP contribution is 2.38. The Bertz CT molecular complexity index is 792. The van der Waals surface area contributed by atoms with Crippen LogP contribution in [0.5, 0.6) is 5.75 Å². The van der Waals surface area contributed by atoms with E-state index in [1.54, 1.807) is 7.11 Å². The second-order valence-electron chi connectivity index (χ2n) is 6.73. The highest BCUT2D eigenvalue weighted by Gasteiger charge is 2.21. The Kier molecular flexibility index (Phi) is 6.24. The average molecular weight is 351 g/mol. The number of ether oxygens (including phenoxy) is 1. The first-order chi connectivity index (χ1) is 12.7. The van der Waals surface area contributed by atoms with Crippen LogP contribution in [0.1, 0.15) is 30.4 Å². The molecule has 0 amide bonds. The molecule has 3 heteroatoms. The van der Waals surface area contributed by atoms with E-state index >= 15 is 0 Å². The molecule has 2 aromatic rings. The number of methoxy groups -OCH3 is 1. The monoisotopic (exact) mass is 351 g/mol. The number of hydrogen-bond acceptors (Lipinski definition) is 2. The van der Waals surface area contributed by atoms with Crippen molar-refractivity contribution in [1.29, 1.82) is 0 Å². The average Bonchev–Trinajstić information content (AvgIpc) is 2.68. The zero-order valence-electron chi connectivity index (χ0n) is 15.5. The summed E-state index contributed by atoms with van der Waals surface area (Å²) in [6.07, 6.45) is 7.75. The lowest BCUT2D eigenvalue weighted by Gasteiger charge is -2.26. The Hall–Kier alpha value is -2.39. The van der Waals surface area contributed by atoms with Gasteiger partial charge in [-0.3, -0.25) is 0 Å². The summed E-state index contributed by atoms with van der Waals surface area (Å²) in [4.78, 5) is 0. The first-order valence-corrected chi connectivity index (χ1v) is 9.16. The highest BCUT2D eigenvalue weighted by molar-refractivity contribution is 5.74. The van der Waals surface area contributed by atoms with E-state index < -0.39 is 0 Å². The molecule has 2 nitrogen and oxygen atoms in total. The Morgan fingerprint density at radius 3 is 2.73 bits per heavy atom. The predicted octanol–water partition coefficient (Wildman–Crippen LogP) is 5.32. The summed E-state index contributed by atoms with van der Waals surface area (Å²) >= 11 is 0. The van der Waals surface area contributed by atoms with Crippen molar-refractivity contribution in [3.63, 3.8) is 0 Å². The van der Waals surface area contributed by atoms with Crippen LogP contribution in [-0.2, 0) is 0 Å². The third kappa shape index (κ3) is 4.61. The molecule has 1 atom stereocenters. The van der Waals surface area contributed by atoms with Gasteiger partial charge in [0.05, 0.1) is 7.11 Å². The normalized spacial score (nSPS) is 18.7. The second-order valence-corrected chi connectivity index (χ2v) is 6.73. The van der Waals surface area contributed by atoms with Crippen LogP contribution < -0.4 is 10.1 Å². The molecule has 0 heterocycles. The van der Waals surface area contributed by atoms with Crippen molar-refractivity contribution < 1.29 is 9.13 Å². The van der Waals surface area contributed by atoms with E-state index in [4.69, 9.17) is 4.74 Å². The van der Waals surface area contributed by atoms with Gasteiger partial charge in [0.15, 0.2) is 0 Å². The number of rotatable bonds is 6. The first kappa shape index (κ1) is 18.4. The lowest BCUT2D eigenvalue weighted by Crippen LogP contribution is -2.16. The number of halogens is 1. The Morgan fingerprint density at radius 2 is 2.00 bits per heavy atom. The highest BCUT2D eigenvalue weighted by atomic mass is 19.1. The topological polar surface area (TPSA) is 21.3 Å². The van der Waals surface area contributed by atoms with Crippen LogP contribution in [0.2, 0.25) is 0 Å². The molecule has 1 N–H and O–H groups in total. The molecular formula is C23H26FNO. The molecule has 3 rings (SSSR count). The minimum atomic E-state index is -0.199. The third-order valence-electron chi connectivity index (χ3n) is 4.93. The SMILES string of the molecule is CNCCC1CC/C(=C\c2ccc(F)cc2)C=C1c1cccc(OC)c1. The van der Waals surface area contributed by atoms with Crippen LogP contribution in [0.25, 0.3) is 11.6 Å². The second kappa shape index (κ2) is 8.81. The van der Waals surface area contributed by atoms with Crippen LogP contribution in [0.3, 0.4) is 0 Å². The molecule has 0 saturated heterocycles. The summed E-state index contributed by atoms with van der Waals surface area (Å²) in [5.41, 5.74) is 4.90. The van der Waals surface area contributed by atoms with E-state index in [0.29, 0.717) is 5.92 Å². The lowest BCUT2D eigenvalue weighted by molar-refractivity contribution is 0.414. The van der Waals surface area contributed by atoms with E-state index in [-0.39, 0.29) is 5.82 Å². The number of nitrogens with one attached hydrogen (secondary N) is 1. The summed E-state index contributed by atoms with van der Waals surface area (Å²) in [7, 11) is 3.70. The van der Waals surface area contributed by atoms with Crippen molar-refractivity contribution in [2.45, 2.75) is 19.3 Å². The van der Waals surface area contributed by atoms with Gasteiger partial charge < -0.3 is 10.1 Å². The van der Waals surface area contributed by atoms with Gasteiger partial charge in [-0.05, 0) is 85.3 Å². The molecular weight excluding hydrogens is 325 g/mol. The molecule has 0 bridgehead atoms. The molecule has 0 radical (unpaired) electrons. The van der Waals surface area contributed by atoms with Crippen LogP contribution in [0, 0.1) is 11.7 Å². The quantitative estimate of drug-likeness (QED) is 0.760. The van der Waals surface area contributed by atoms with Gasteiger partial charge >= 0.3 is 0 Å². The van der Waals surface area contributed by atoms with Crippen LogP contribution in [0.15, 0.2) is 60.2 Å². The molecule has 2 aromatic carbocycles. The van der Waals surface area contributed by atoms with E-state index in [9.17, 15) is 4.39 Å². The van der Waals surface area contributed by atoms with Gasteiger partial charge in [-0.15, -0.1) is 0 Å². The molecule has 0 spiro atoms. The largest absolute Gasteiger partial charge is 0.497 e. The summed E-state index contributed by atoms with van der Waals surface area (Å²) in [6, 6.07) is 15.0. The zero-order valence-corrected chi connectivity index (χ0v) is 15.5. The molecule has 136 valence electrons. The van der Waals surface area contributed by atoms with Crippen LogP contribution in [0.4, 0.5) is 4.39 Å². The third-order valence-corrected chi connectivity index (χ3v) is 4.93. The van der Waals surface area contributed by atoms with E-state index in [1.807, 2.05) is 31.3 Å². The van der Waals surface area contributed by atoms with Gasteiger partial charge in [-0.25, -0.2) is 4.39 Å². The van der Waals surface area contributed by atoms with Crippen molar-refractivity contribution in [1.82, 2.24) is 5.32 Å². The summed E-state index contributed by atoms with van der Waals surface area (Å²) in [5, 5.41) is 3.26. The van der Waals surface area contributed by atoms with Crippen LogP contribution in [-0.4, -0.2) is 20.7 Å². The Balaban J connectivity index is 1.94. The van der Waals surface area contributed by atoms with Crippen molar-refractivity contribution in [2.24, 2.45) is 5.92 Å². The van der Waals surface area contributed by atoms with Gasteiger partial charge in [0.25, 0.3) is 0 Å². The Labute approximate surface area is 155 Å². The summed E-state index contributed by atoms with van der Waals surface area (Å²) in [5.74, 6) is 1.21. The van der Waals surface area contributed by atoms with Crippen molar-refractivity contribution in [2.75, 3.05) is 20.7 Å². The van der Waals surface area contributed by atoms with E-state index in [0.717, 1.165) is 37.1 Å². The molecule has 26 heavy (non-hydrogen) atoms. The van der Waals surface area contributed by atoms with Gasteiger partial charge in [-0.1, -0.05) is 36.4 Å². The fraction of sp³-hybridized carbons (Fsp3) is 0.304. The van der Waals surface area contributed by atoms with Crippen molar-refractivity contribution in [3.8, 4) is 5.75 Å². The maximum atomic E-state index is 13.1.